The zero-order chi connectivity index (χ0) is 15.1. The normalized spacial score (nSPS) is 9.95. The zero-order valence-corrected chi connectivity index (χ0v) is 12.4. The Hall–Kier alpha value is -2.27. The molecule has 0 unspecified atom stereocenters. The molecule has 0 aliphatic rings. The van der Waals surface area contributed by atoms with Crippen LogP contribution in [-0.2, 0) is 4.79 Å². The summed E-state index contributed by atoms with van der Waals surface area (Å²) in [6, 6.07) is 14.3. The fraction of sp³-hybridized carbons (Fsp3) is 0.125. The van der Waals surface area contributed by atoms with Crippen LogP contribution in [0.3, 0.4) is 0 Å². The van der Waals surface area contributed by atoms with Crippen LogP contribution in [0.2, 0.25) is 0 Å². The third-order valence-corrected chi connectivity index (χ3v) is 3.77. The van der Waals surface area contributed by atoms with Gasteiger partial charge in [0, 0.05) is 16.1 Å². The van der Waals surface area contributed by atoms with Crippen LogP contribution in [0.5, 0.6) is 5.75 Å². The number of amides is 1. The first kappa shape index (κ1) is 15.1. The molecule has 0 radical (unpaired) electrons. The average molecular weight is 301 g/mol. The minimum atomic E-state index is -0.0790. The molecule has 4 nitrogen and oxygen atoms in total. The van der Waals surface area contributed by atoms with Crippen LogP contribution >= 0.6 is 11.8 Å². The molecule has 0 aromatic heterocycles. The van der Waals surface area contributed by atoms with Crippen LogP contribution in [0.15, 0.2) is 53.4 Å². The molecule has 1 N–H and O–H groups in total. The number of hydrogen-bond acceptors (Lipinski definition) is 4. The lowest BCUT2D eigenvalue weighted by atomic mass is 10.2. The van der Waals surface area contributed by atoms with E-state index < -0.39 is 0 Å². The molecule has 0 saturated heterocycles. The summed E-state index contributed by atoms with van der Waals surface area (Å²) in [7, 11) is 1.60. The summed E-state index contributed by atoms with van der Waals surface area (Å²) in [6.45, 7) is 0. The number of carbonyl (C=O) groups is 2. The van der Waals surface area contributed by atoms with Crippen LogP contribution in [0.4, 0.5) is 5.69 Å². The maximum Gasteiger partial charge on any atom is 0.234 e. The summed E-state index contributed by atoms with van der Waals surface area (Å²) < 4.78 is 5.06. The molecule has 0 atom stereocenters. The molecule has 0 saturated carbocycles. The predicted octanol–water partition coefficient (Wildman–Crippen LogP) is 3.24. The summed E-state index contributed by atoms with van der Waals surface area (Å²) in [6.07, 6.45) is 0.796. The van der Waals surface area contributed by atoms with Crippen molar-refractivity contribution >= 4 is 29.6 Å². The molecule has 0 fully saturated rings. The summed E-state index contributed by atoms with van der Waals surface area (Å²) in [5, 5.41) is 2.81. The number of ether oxygens (including phenoxy) is 1. The van der Waals surface area contributed by atoms with Crippen LogP contribution in [0.25, 0.3) is 0 Å². The second-order valence-corrected chi connectivity index (χ2v) is 5.30. The van der Waals surface area contributed by atoms with Crippen molar-refractivity contribution in [1.82, 2.24) is 0 Å². The minimum absolute atomic E-state index is 0.0790. The number of anilines is 1. The van der Waals surface area contributed by atoms with Crippen LogP contribution in [0, 0.1) is 0 Å². The molecule has 0 aliphatic carbocycles. The van der Waals surface area contributed by atoms with E-state index in [1.54, 1.807) is 43.5 Å². The first-order chi connectivity index (χ1) is 10.2. The first-order valence-corrected chi connectivity index (χ1v) is 7.32. The lowest BCUT2D eigenvalue weighted by Crippen LogP contribution is -2.13. The lowest BCUT2D eigenvalue weighted by Gasteiger charge is -2.06. The molecule has 0 spiro atoms. The molecule has 0 bridgehead atoms. The second-order valence-electron chi connectivity index (χ2n) is 4.25. The number of thioether (sulfide) groups is 1. The molecular formula is C16H15NO3S. The average Bonchev–Trinajstić information content (AvgIpc) is 2.54. The minimum Gasteiger partial charge on any atom is -0.497 e. The van der Waals surface area contributed by atoms with E-state index >= 15 is 0 Å². The first-order valence-electron chi connectivity index (χ1n) is 6.33. The SMILES string of the molecule is COc1ccc(NC(=O)CSc2ccc(C=O)cc2)cc1. The summed E-state index contributed by atoms with van der Waals surface area (Å²) in [5.74, 6) is 0.981. The standard InChI is InChI=1S/C16H15NO3S/c1-20-14-6-4-13(5-7-14)17-16(19)11-21-15-8-2-12(10-18)3-9-15/h2-10H,11H2,1H3,(H,17,19). The number of benzene rings is 2. The number of nitrogens with one attached hydrogen (secondary N) is 1. The summed E-state index contributed by atoms with van der Waals surface area (Å²) in [4.78, 5) is 23.3. The van der Waals surface area contributed by atoms with Gasteiger partial charge < -0.3 is 10.1 Å². The van der Waals surface area contributed by atoms with E-state index in [4.69, 9.17) is 4.74 Å². The van der Waals surface area contributed by atoms with Gasteiger partial charge in [0.1, 0.15) is 12.0 Å². The van der Waals surface area contributed by atoms with Crippen molar-refractivity contribution in [2.75, 3.05) is 18.2 Å². The number of aldehydes is 1. The summed E-state index contributed by atoms with van der Waals surface area (Å²) in [5.41, 5.74) is 1.36. The Morgan fingerprint density at radius 2 is 1.81 bits per heavy atom. The van der Waals surface area contributed by atoms with Gasteiger partial charge in [-0.2, -0.15) is 0 Å². The highest BCUT2D eigenvalue weighted by Gasteiger charge is 2.04. The van der Waals surface area contributed by atoms with E-state index in [0.29, 0.717) is 11.3 Å². The molecule has 2 rings (SSSR count). The molecule has 2 aromatic rings. The van der Waals surface area contributed by atoms with Gasteiger partial charge in [0.25, 0.3) is 0 Å². The van der Waals surface area contributed by atoms with Crippen molar-refractivity contribution in [2.24, 2.45) is 0 Å². The third-order valence-electron chi connectivity index (χ3n) is 2.76. The van der Waals surface area contributed by atoms with Gasteiger partial charge in [-0.1, -0.05) is 12.1 Å². The van der Waals surface area contributed by atoms with Gasteiger partial charge in [-0.3, -0.25) is 9.59 Å². The van der Waals surface area contributed by atoms with Gasteiger partial charge in [-0.15, -0.1) is 11.8 Å². The van der Waals surface area contributed by atoms with E-state index in [9.17, 15) is 9.59 Å². The van der Waals surface area contributed by atoms with Gasteiger partial charge in [-0.25, -0.2) is 0 Å². The lowest BCUT2D eigenvalue weighted by molar-refractivity contribution is -0.113. The van der Waals surface area contributed by atoms with E-state index in [2.05, 4.69) is 5.32 Å². The van der Waals surface area contributed by atoms with Gasteiger partial charge in [0.05, 0.1) is 12.9 Å². The van der Waals surface area contributed by atoms with E-state index in [1.807, 2.05) is 12.1 Å². The highest BCUT2D eigenvalue weighted by molar-refractivity contribution is 8.00. The number of carbonyl (C=O) groups excluding carboxylic acids is 2. The molecule has 108 valence electrons. The highest BCUT2D eigenvalue weighted by atomic mass is 32.2. The zero-order valence-electron chi connectivity index (χ0n) is 11.5. The molecule has 0 aliphatic heterocycles. The van der Waals surface area contributed by atoms with E-state index in [-0.39, 0.29) is 5.91 Å². The maximum atomic E-state index is 11.8. The van der Waals surface area contributed by atoms with Gasteiger partial charge >= 0.3 is 0 Å². The van der Waals surface area contributed by atoms with Crippen molar-refractivity contribution in [3.05, 3.63) is 54.1 Å². The largest absolute Gasteiger partial charge is 0.497 e. The van der Waals surface area contributed by atoms with Crippen molar-refractivity contribution in [1.29, 1.82) is 0 Å². The van der Waals surface area contributed by atoms with Crippen molar-refractivity contribution in [3.8, 4) is 5.75 Å². The molecule has 2 aromatic carbocycles. The Morgan fingerprint density at radius 3 is 2.38 bits per heavy atom. The number of hydrogen-bond donors (Lipinski definition) is 1. The van der Waals surface area contributed by atoms with E-state index in [0.717, 1.165) is 22.6 Å². The smallest absolute Gasteiger partial charge is 0.234 e. The Kier molecular flexibility index (Phi) is 5.40. The molecule has 0 heterocycles. The molecule has 21 heavy (non-hydrogen) atoms. The van der Waals surface area contributed by atoms with Crippen molar-refractivity contribution in [2.45, 2.75) is 4.90 Å². The van der Waals surface area contributed by atoms with Crippen molar-refractivity contribution < 1.29 is 14.3 Å². The Bertz CT molecular complexity index is 608. The molecular weight excluding hydrogens is 286 g/mol. The maximum absolute atomic E-state index is 11.8. The topological polar surface area (TPSA) is 55.4 Å². The Morgan fingerprint density at radius 1 is 1.14 bits per heavy atom. The Balaban J connectivity index is 1.84. The quantitative estimate of drug-likeness (QED) is 0.657. The Labute approximate surface area is 127 Å². The van der Waals surface area contributed by atoms with Crippen molar-refractivity contribution in [3.63, 3.8) is 0 Å². The van der Waals surface area contributed by atoms with Crippen LogP contribution in [0.1, 0.15) is 10.4 Å². The second kappa shape index (κ2) is 7.50. The van der Waals surface area contributed by atoms with Gasteiger partial charge in [0.15, 0.2) is 0 Å². The molecule has 1 amide bonds. The highest BCUT2D eigenvalue weighted by Crippen LogP contribution is 2.19. The summed E-state index contributed by atoms with van der Waals surface area (Å²) >= 11 is 1.42. The van der Waals surface area contributed by atoms with E-state index in [1.165, 1.54) is 11.8 Å². The van der Waals surface area contributed by atoms with Crippen LogP contribution < -0.4 is 10.1 Å². The molecule has 5 heteroatoms. The predicted molar refractivity (Wildman–Crippen MR) is 84.2 cm³/mol. The monoisotopic (exact) mass is 301 g/mol. The third kappa shape index (κ3) is 4.65. The van der Waals surface area contributed by atoms with Gasteiger partial charge in [-0.05, 0) is 36.4 Å². The van der Waals surface area contributed by atoms with Gasteiger partial charge in [0.2, 0.25) is 5.91 Å². The number of methoxy groups -OCH3 is 1. The fourth-order valence-corrected chi connectivity index (χ4v) is 2.36. The fourth-order valence-electron chi connectivity index (χ4n) is 1.66. The number of rotatable bonds is 6. The van der Waals surface area contributed by atoms with Crippen LogP contribution in [-0.4, -0.2) is 25.1 Å².